The van der Waals surface area contributed by atoms with E-state index >= 15 is 0 Å². The van der Waals surface area contributed by atoms with Gasteiger partial charge >= 0.3 is 0 Å². The Kier molecular flexibility index (Phi) is 14.5. The standard InChI is InChI=1S/C36H52Si/c1-2-3-4-5-6-7-8-9-10-11-12-13-14-15-16-26-33-37(34-27-20-17-21-28-34,35-29-22-18-23-30-35)36-31-24-19-25-32-36/h17-25,27-32H,2-16,26,33H2,1H3. The highest BCUT2D eigenvalue weighted by Gasteiger charge is 2.38. The summed E-state index contributed by atoms with van der Waals surface area (Å²) in [6.45, 7) is 2.30. The van der Waals surface area contributed by atoms with E-state index in [9.17, 15) is 0 Å². The second-order valence-corrected chi connectivity index (χ2v) is 15.1. The second-order valence-electron chi connectivity index (χ2n) is 11.1. The lowest BCUT2D eigenvalue weighted by molar-refractivity contribution is 0.531. The van der Waals surface area contributed by atoms with E-state index in [1.807, 2.05) is 0 Å². The van der Waals surface area contributed by atoms with Crippen LogP contribution in [0.4, 0.5) is 0 Å². The zero-order valence-electron chi connectivity index (χ0n) is 23.7. The molecule has 0 spiro atoms. The molecular weight excluding hydrogens is 460 g/mol. The molecule has 200 valence electrons. The highest BCUT2D eigenvalue weighted by Crippen LogP contribution is 2.19. The van der Waals surface area contributed by atoms with Crippen LogP contribution >= 0.6 is 0 Å². The SMILES string of the molecule is CCCCCCCCCCCCCCCCCC[Si](c1ccccc1)(c1ccccc1)c1ccccc1. The Morgan fingerprint density at radius 3 is 0.919 bits per heavy atom. The van der Waals surface area contributed by atoms with Crippen LogP contribution in [0, 0.1) is 0 Å². The minimum atomic E-state index is -2.03. The summed E-state index contributed by atoms with van der Waals surface area (Å²) in [5.41, 5.74) is 0. The number of benzene rings is 3. The predicted octanol–water partition coefficient (Wildman–Crippen LogP) is 9.42. The highest BCUT2D eigenvalue weighted by molar-refractivity contribution is 7.11. The number of hydrogen-bond donors (Lipinski definition) is 0. The monoisotopic (exact) mass is 512 g/mol. The summed E-state index contributed by atoms with van der Waals surface area (Å²) in [6.07, 6.45) is 22.8. The average Bonchev–Trinajstić information content (AvgIpc) is 2.96. The Hall–Kier alpha value is -2.12. The third-order valence-electron chi connectivity index (χ3n) is 8.21. The van der Waals surface area contributed by atoms with E-state index in [0.29, 0.717) is 0 Å². The van der Waals surface area contributed by atoms with Gasteiger partial charge in [0.25, 0.3) is 0 Å². The van der Waals surface area contributed by atoms with Crippen molar-refractivity contribution in [2.75, 3.05) is 0 Å². The molecule has 0 radical (unpaired) electrons. The van der Waals surface area contributed by atoms with Crippen molar-refractivity contribution in [1.29, 1.82) is 0 Å². The molecule has 0 atom stereocenters. The van der Waals surface area contributed by atoms with E-state index in [-0.39, 0.29) is 0 Å². The predicted molar refractivity (Wildman–Crippen MR) is 168 cm³/mol. The largest absolute Gasteiger partial charge is 0.148 e. The van der Waals surface area contributed by atoms with Crippen LogP contribution in [0.15, 0.2) is 91.0 Å². The van der Waals surface area contributed by atoms with Gasteiger partial charge in [0, 0.05) is 0 Å². The van der Waals surface area contributed by atoms with E-state index in [4.69, 9.17) is 0 Å². The molecule has 37 heavy (non-hydrogen) atoms. The normalized spacial score (nSPS) is 11.6. The lowest BCUT2D eigenvalue weighted by Crippen LogP contribution is -2.66. The smallest absolute Gasteiger partial charge is 0.0654 e. The van der Waals surface area contributed by atoms with Crippen LogP contribution in [0.3, 0.4) is 0 Å². The van der Waals surface area contributed by atoms with Crippen molar-refractivity contribution in [2.24, 2.45) is 0 Å². The third kappa shape index (κ3) is 9.93. The van der Waals surface area contributed by atoms with Gasteiger partial charge in [0.15, 0.2) is 0 Å². The van der Waals surface area contributed by atoms with Gasteiger partial charge in [0.2, 0.25) is 0 Å². The van der Waals surface area contributed by atoms with Crippen LogP contribution in [0.25, 0.3) is 0 Å². The van der Waals surface area contributed by atoms with Crippen LogP contribution < -0.4 is 15.6 Å². The van der Waals surface area contributed by atoms with Crippen LogP contribution in [0.5, 0.6) is 0 Å². The summed E-state index contributed by atoms with van der Waals surface area (Å²) in [6, 6.07) is 35.5. The van der Waals surface area contributed by atoms with Gasteiger partial charge in [-0.2, -0.15) is 0 Å². The first-order valence-corrected chi connectivity index (χ1v) is 17.7. The summed E-state index contributed by atoms with van der Waals surface area (Å²) in [5.74, 6) is 0. The van der Waals surface area contributed by atoms with Crippen LogP contribution in [-0.2, 0) is 0 Å². The van der Waals surface area contributed by atoms with Gasteiger partial charge in [-0.25, -0.2) is 0 Å². The summed E-state index contributed by atoms with van der Waals surface area (Å²) in [5, 5.41) is 4.65. The maximum absolute atomic E-state index is 2.39. The van der Waals surface area contributed by atoms with Gasteiger partial charge in [0.1, 0.15) is 8.07 Å². The van der Waals surface area contributed by atoms with Crippen molar-refractivity contribution < 1.29 is 0 Å². The molecule has 0 nitrogen and oxygen atoms in total. The molecule has 0 aliphatic heterocycles. The Labute approximate surface area is 229 Å². The van der Waals surface area contributed by atoms with Crippen molar-refractivity contribution >= 4 is 23.6 Å². The number of rotatable bonds is 20. The van der Waals surface area contributed by atoms with E-state index in [1.54, 1.807) is 15.6 Å². The maximum atomic E-state index is 2.39. The highest BCUT2D eigenvalue weighted by atomic mass is 28.3. The molecule has 3 aromatic rings. The first-order valence-electron chi connectivity index (χ1n) is 15.5. The average molecular weight is 513 g/mol. The van der Waals surface area contributed by atoms with Gasteiger partial charge < -0.3 is 0 Å². The quantitative estimate of drug-likeness (QED) is 0.0803. The van der Waals surface area contributed by atoms with Gasteiger partial charge in [-0.1, -0.05) is 201 Å². The molecule has 0 bridgehead atoms. The third-order valence-corrected chi connectivity index (χ3v) is 13.3. The molecule has 0 unspecified atom stereocenters. The number of unbranched alkanes of at least 4 members (excludes halogenated alkanes) is 15. The number of hydrogen-bond acceptors (Lipinski definition) is 0. The summed E-state index contributed by atoms with van der Waals surface area (Å²) in [4.78, 5) is 0. The Bertz CT molecular complexity index is 822. The van der Waals surface area contributed by atoms with Crippen LogP contribution in [0.2, 0.25) is 6.04 Å². The Balaban J connectivity index is 1.41. The van der Waals surface area contributed by atoms with Gasteiger partial charge in [-0.05, 0) is 21.6 Å². The molecule has 3 rings (SSSR count). The second kappa shape index (κ2) is 18.2. The zero-order chi connectivity index (χ0) is 25.9. The van der Waals surface area contributed by atoms with Crippen molar-refractivity contribution in [1.82, 2.24) is 0 Å². The molecule has 0 heterocycles. The molecule has 0 saturated carbocycles. The lowest BCUT2D eigenvalue weighted by Gasteiger charge is -2.34. The molecule has 0 amide bonds. The molecule has 0 aromatic heterocycles. The van der Waals surface area contributed by atoms with E-state index in [2.05, 4.69) is 97.9 Å². The summed E-state index contributed by atoms with van der Waals surface area (Å²) in [7, 11) is -2.03. The fraction of sp³-hybridized carbons (Fsp3) is 0.500. The molecule has 0 aliphatic carbocycles. The fourth-order valence-corrected chi connectivity index (χ4v) is 11.0. The molecule has 0 saturated heterocycles. The van der Waals surface area contributed by atoms with E-state index < -0.39 is 8.07 Å². The van der Waals surface area contributed by atoms with Gasteiger partial charge in [-0.15, -0.1) is 0 Å². The fourth-order valence-electron chi connectivity index (χ4n) is 6.04. The van der Waals surface area contributed by atoms with Crippen molar-refractivity contribution in [3.05, 3.63) is 91.0 Å². The first-order chi connectivity index (χ1) is 18.4. The van der Waals surface area contributed by atoms with Gasteiger partial charge in [0.05, 0.1) is 0 Å². The lowest BCUT2D eigenvalue weighted by atomic mass is 10.0. The Morgan fingerprint density at radius 2 is 0.622 bits per heavy atom. The maximum Gasteiger partial charge on any atom is 0.148 e. The van der Waals surface area contributed by atoms with Crippen molar-refractivity contribution in [2.45, 2.75) is 116 Å². The van der Waals surface area contributed by atoms with Crippen LogP contribution in [0.1, 0.15) is 110 Å². The minimum Gasteiger partial charge on any atom is -0.0654 e. The van der Waals surface area contributed by atoms with Crippen molar-refractivity contribution in [3.63, 3.8) is 0 Å². The topological polar surface area (TPSA) is 0 Å². The minimum absolute atomic E-state index is 1.30. The molecule has 0 aliphatic rings. The molecular formula is C36H52Si. The Morgan fingerprint density at radius 1 is 0.351 bits per heavy atom. The summed E-state index contributed by atoms with van der Waals surface area (Å²) >= 11 is 0. The first kappa shape index (κ1) is 29.4. The molecule has 0 fully saturated rings. The zero-order valence-corrected chi connectivity index (χ0v) is 24.7. The van der Waals surface area contributed by atoms with Crippen LogP contribution in [-0.4, -0.2) is 8.07 Å². The molecule has 3 aromatic carbocycles. The van der Waals surface area contributed by atoms with Crippen molar-refractivity contribution in [3.8, 4) is 0 Å². The summed E-state index contributed by atoms with van der Waals surface area (Å²) < 4.78 is 0. The van der Waals surface area contributed by atoms with E-state index in [1.165, 1.54) is 109 Å². The van der Waals surface area contributed by atoms with E-state index in [0.717, 1.165) is 0 Å². The molecule has 1 heteroatoms. The van der Waals surface area contributed by atoms with Gasteiger partial charge in [-0.3, -0.25) is 0 Å². The molecule has 0 N–H and O–H groups in total.